The number of rotatable bonds is 6. The lowest BCUT2D eigenvalue weighted by molar-refractivity contribution is -0.0619. The summed E-state index contributed by atoms with van der Waals surface area (Å²) in [6, 6.07) is 6.95. The molecule has 0 bridgehead atoms. The predicted octanol–water partition coefficient (Wildman–Crippen LogP) is 3.42. The molecule has 3 aromatic heterocycles. The number of hydrogen-bond acceptors (Lipinski definition) is 17. The molecule has 0 radical (unpaired) electrons. The Morgan fingerprint density at radius 3 is 2.51 bits per heavy atom. The summed E-state index contributed by atoms with van der Waals surface area (Å²) in [7, 11) is -4.97. The molecule has 0 saturated carbocycles. The van der Waals surface area contributed by atoms with Gasteiger partial charge in [0.05, 0.1) is 19.5 Å². The highest BCUT2D eigenvalue weighted by Gasteiger charge is 2.54. The number of nitrogens with one attached hydrogen (secondary N) is 1. The molecule has 284 valence electrons. The normalized spacial score (nSPS) is 33.4. The zero-order valence-corrected chi connectivity index (χ0v) is 30.4. The van der Waals surface area contributed by atoms with Crippen molar-refractivity contribution in [3.05, 3.63) is 75.6 Å². The van der Waals surface area contributed by atoms with Crippen molar-refractivity contribution in [3.63, 3.8) is 0 Å². The topological polar surface area (TPSA) is 261 Å². The van der Waals surface area contributed by atoms with Crippen molar-refractivity contribution >= 4 is 60.0 Å². The Hall–Kier alpha value is -3.53. The number of nitrogens with zero attached hydrogens (tertiary/aromatic N) is 5. The molecule has 0 amide bonds. The third-order valence-electron chi connectivity index (χ3n) is 8.52. The molecule has 53 heavy (non-hydrogen) atoms. The molecule has 7 rings (SSSR count). The number of nitrogen functional groups attached to an aromatic ring is 1. The number of benzene rings is 1. The van der Waals surface area contributed by atoms with Gasteiger partial charge < -0.3 is 24.8 Å². The van der Waals surface area contributed by atoms with Crippen molar-refractivity contribution in [1.82, 2.24) is 29.1 Å². The smallest absolute Gasteiger partial charge is 0.415 e. The van der Waals surface area contributed by atoms with Crippen LogP contribution in [0.1, 0.15) is 24.9 Å². The van der Waals surface area contributed by atoms with Gasteiger partial charge in [-0.25, -0.2) is 38.1 Å². The summed E-state index contributed by atoms with van der Waals surface area (Å²) in [5.41, 5.74) is 4.25. The maximum absolute atomic E-state index is 16.3. The van der Waals surface area contributed by atoms with Crippen LogP contribution in [0.2, 0.25) is 0 Å². The first-order valence-electron chi connectivity index (χ1n) is 15.6. The van der Waals surface area contributed by atoms with Gasteiger partial charge in [-0.2, -0.15) is 0 Å². The zero-order chi connectivity index (χ0) is 37.7. The van der Waals surface area contributed by atoms with E-state index in [2.05, 4.69) is 15.0 Å². The van der Waals surface area contributed by atoms with Crippen LogP contribution in [-0.2, 0) is 42.5 Å². The molecule has 10 atom stereocenters. The molecule has 25 heteroatoms. The standard InChI is InChI=1S/C28H29ClFN7O13P2S/c1-13-21-16(47-25(13)37-12-34-20-23(31)32-11-33-24(20)37)9-45-52(43,53-10-14-2-4-15(5-3-14)46-27(29)39)50-22-17(8-44-51(41,42)49-21)48-26(19(22)30)36-7-6-18(38)35-28(36)40/h2-7,11-13,16-17,19,21-22,25-26H,8-10H2,1H3,(H,41,42)(H2,31,32,33)(H,35,38,40)/t13-,16-,17-,19-,21+,22-,25-,26-,52?/m1/s1. The van der Waals surface area contributed by atoms with E-state index in [0.717, 1.165) is 16.8 Å². The quantitative estimate of drug-likeness (QED) is 0.186. The number of carbonyl (C=O) groups is 1. The fourth-order valence-corrected chi connectivity index (χ4v) is 10.5. The number of hydrogen-bond donors (Lipinski definition) is 3. The van der Waals surface area contributed by atoms with Gasteiger partial charge in [0.1, 0.15) is 48.2 Å². The summed E-state index contributed by atoms with van der Waals surface area (Å²) in [6.07, 6.45) is -7.10. The number of nitrogens with two attached hydrogens (primary N) is 1. The Labute approximate surface area is 305 Å². The maximum Gasteiger partial charge on any atom is 0.472 e. The van der Waals surface area contributed by atoms with Crippen molar-refractivity contribution in [2.45, 2.75) is 55.7 Å². The monoisotopic (exact) mass is 819 g/mol. The van der Waals surface area contributed by atoms with Gasteiger partial charge in [-0.05, 0) is 29.1 Å². The summed E-state index contributed by atoms with van der Waals surface area (Å²) in [5.74, 6) is -0.512. The number of fused-ring (bicyclic) bond motifs is 3. The molecule has 4 N–H and O–H groups in total. The summed E-state index contributed by atoms with van der Waals surface area (Å²) in [6.45, 7) is -4.22. The fourth-order valence-electron chi connectivity index (χ4n) is 6.02. The van der Waals surface area contributed by atoms with Gasteiger partial charge in [0.2, 0.25) is 0 Å². The molecule has 6 heterocycles. The molecule has 3 aliphatic rings. The molecule has 0 aliphatic carbocycles. The molecule has 20 nitrogen and oxygen atoms in total. The Bertz CT molecular complexity index is 2230. The molecule has 0 spiro atoms. The molecule has 2 unspecified atom stereocenters. The van der Waals surface area contributed by atoms with Gasteiger partial charge >= 0.3 is 25.7 Å². The molecule has 3 aliphatic heterocycles. The van der Waals surface area contributed by atoms with Crippen LogP contribution >= 0.6 is 37.6 Å². The number of carbonyl (C=O) groups excluding carboxylic acids is 1. The van der Waals surface area contributed by atoms with Gasteiger partial charge in [0, 0.05) is 35.5 Å². The Kier molecular flexibility index (Phi) is 10.7. The molecule has 3 saturated heterocycles. The predicted molar refractivity (Wildman–Crippen MR) is 182 cm³/mol. The van der Waals surface area contributed by atoms with Crippen LogP contribution in [0.5, 0.6) is 5.75 Å². The van der Waals surface area contributed by atoms with Crippen LogP contribution in [-0.4, -0.2) is 83.2 Å². The minimum Gasteiger partial charge on any atom is -0.415 e. The minimum absolute atomic E-state index is 0.0423. The van der Waals surface area contributed by atoms with E-state index in [1.165, 1.54) is 29.4 Å². The molecule has 1 aromatic carbocycles. The number of ether oxygens (including phenoxy) is 3. The van der Waals surface area contributed by atoms with Crippen LogP contribution in [0.25, 0.3) is 11.2 Å². The first kappa shape index (κ1) is 37.8. The summed E-state index contributed by atoms with van der Waals surface area (Å²) in [5, 5.41) is 0. The maximum atomic E-state index is 16.3. The number of phosphoric ester groups is 1. The third-order valence-corrected chi connectivity index (χ3v) is 13.2. The van der Waals surface area contributed by atoms with Crippen molar-refractivity contribution in [2.75, 3.05) is 18.9 Å². The van der Waals surface area contributed by atoms with E-state index in [4.69, 9.17) is 49.6 Å². The zero-order valence-electron chi connectivity index (χ0n) is 27.1. The number of alkyl halides is 1. The lowest BCUT2D eigenvalue weighted by Gasteiger charge is -2.29. The summed E-state index contributed by atoms with van der Waals surface area (Å²) < 4.78 is 86.1. The highest BCUT2D eigenvalue weighted by Crippen LogP contribution is 2.65. The van der Waals surface area contributed by atoms with E-state index in [-0.39, 0.29) is 22.8 Å². The van der Waals surface area contributed by atoms with Gasteiger partial charge in [0.15, 0.2) is 23.9 Å². The van der Waals surface area contributed by atoms with E-state index in [1.54, 1.807) is 19.1 Å². The van der Waals surface area contributed by atoms with E-state index >= 15 is 4.39 Å². The van der Waals surface area contributed by atoms with Crippen LogP contribution in [0.3, 0.4) is 0 Å². The van der Waals surface area contributed by atoms with Gasteiger partial charge in [-0.3, -0.25) is 37.0 Å². The van der Waals surface area contributed by atoms with Crippen LogP contribution < -0.4 is 21.7 Å². The SMILES string of the molecule is C[C@@H]1[C@@H]2OP(=O)(O)OC[C@H]3O[C@@H](n4ccc(=O)[nH]c4=O)[C@H](F)[C@@H]3OP(=O)(SCc3ccc(OC(=O)Cl)cc3)OC[C@H]2O[C@H]1n1cnc2c(N)ncnc21. The first-order chi connectivity index (χ1) is 25.2. The van der Waals surface area contributed by atoms with E-state index in [1.807, 2.05) is 4.98 Å². The largest absolute Gasteiger partial charge is 0.472 e. The van der Waals surface area contributed by atoms with Crippen molar-refractivity contribution < 1.29 is 55.5 Å². The average Bonchev–Trinajstić information content (AvgIpc) is 3.76. The fraction of sp³-hybridized carbons (Fsp3) is 0.429. The van der Waals surface area contributed by atoms with E-state index in [0.29, 0.717) is 22.6 Å². The number of aromatic nitrogens is 6. The lowest BCUT2D eigenvalue weighted by Crippen LogP contribution is -2.37. The summed E-state index contributed by atoms with van der Waals surface area (Å²) in [4.78, 5) is 60.6. The lowest BCUT2D eigenvalue weighted by atomic mass is 10.0. The molecular formula is C28H29ClFN7O13P2S. The second kappa shape index (κ2) is 15.0. The Morgan fingerprint density at radius 1 is 1.06 bits per heavy atom. The highest BCUT2D eigenvalue weighted by atomic mass is 35.5. The van der Waals surface area contributed by atoms with Crippen molar-refractivity contribution in [3.8, 4) is 5.75 Å². The Morgan fingerprint density at radius 2 is 1.77 bits per heavy atom. The van der Waals surface area contributed by atoms with Gasteiger partial charge in [0.25, 0.3) is 5.56 Å². The second-order valence-electron chi connectivity index (χ2n) is 11.9. The average molecular weight is 820 g/mol. The van der Waals surface area contributed by atoms with Crippen LogP contribution in [0.4, 0.5) is 15.0 Å². The van der Waals surface area contributed by atoms with Crippen molar-refractivity contribution in [2.24, 2.45) is 5.92 Å². The van der Waals surface area contributed by atoms with E-state index < -0.39 is 93.5 Å². The number of aromatic amines is 1. The molecular weight excluding hydrogens is 791 g/mol. The molecule has 3 fully saturated rings. The number of phosphoric acid groups is 1. The number of H-pyrrole nitrogens is 1. The number of halogens is 2. The van der Waals surface area contributed by atoms with E-state index in [9.17, 15) is 28.4 Å². The first-order valence-corrected chi connectivity index (χ1v) is 20.6. The van der Waals surface area contributed by atoms with Crippen LogP contribution in [0.15, 0.2) is 58.8 Å². The van der Waals surface area contributed by atoms with Gasteiger partial charge in [-0.15, -0.1) is 0 Å². The highest BCUT2D eigenvalue weighted by molar-refractivity contribution is 8.54. The van der Waals surface area contributed by atoms with Crippen LogP contribution in [0, 0.1) is 5.92 Å². The number of imidazole rings is 1. The Balaban J connectivity index is 1.20. The van der Waals surface area contributed by atoms with Gasteiger partial charge in [-0.1, -0.05) is 19.1 Å². The summed E-state index contributed by atoms with van der Waals surface area (Å²) >= 11 is 5.94. The third kappa shape index (κ3) is 7.99. The minimum atomic E-state index is -4.97. The van der Waals surface area contributed by atoms with Crippen molar-refractivity contribution in [1.29, 1.82) is 0 Å². The second-order valence-corrected chi connectivity index (χ2v) is 17.7. The number of anilines is 1. The molecule has 4 aromatic rings.